The number of nitrogen functional groups attached to an aromatic ring is 1. The van der Waals surface area contributed by atoms with Gasteiger partial charge in [0.2, 0.25) is 0 Å². The van der Waals surface area contributed by atoms with Gasteiger partial charge >= 0.3 is 0 Å². The van der Waals surface area contributed by atoms with Crippen LogP contribution in [-0.4, -0.2) is 11.2 Å². The van der Waals surface area contributed by atoms with Crippen molar-refractivity contribution in [3.8, 4) is 0 Å². The minimum absolute atomic E-state index is 0.696. The highest BCUT2D eigenvalue weighted by atomic mass is 32.2. The zero-order chi connectivity index (χ0) is 12.3. The fourth-order valence-corrected chi connectivity index (χ4v) is 1.89. The summed E-state index contributed by atoms with van der Waals surface area (Å²) >= 11 is 1.72. The minimum atomic E-state index is 0.696. The molecule has 2 rings (SSSR count). The standard InChI is InChI=1S/C13H15N3S/c1-9-7-8-15-13(12(9)14)16-10-3-5-11(17-2)6-4-10/h3-8H,14H2,1-2H3,(H,15,16). The Morgan fingerprint density at radius 2 is 1.88 bits per heavy atom. The summed E-state index contributed by atoms with van der Waals surface area (Å²) in [6, 6.07) is 10.1. The number of benzene rings is 1. The number of anilines is 3. The number of rotatable bonds is 3. The van der Waals surface area contributed by atoms with Crippen LogP contribution in [0, 0.1) is 6.92 Å². The summed E-state index contributed by atoms with van der Waals surface area (Å²) in [6.45, 7) is 1.97. The van der Waals surface area contributed by atoms with Gasteiger partial charge in [0.25, 0.3) is 0 Å². The molecule has 1 heterocycles. The average Bonchev–Trinajstić information content (AvgIpc) is 2.36. The number of thioether (sulfide) groups is 1. The number of aromatic nitrogens is 1. The molecule has 0 spiro atoms. The van der Waals surface area contributed by atoms with E-state index in [2.05, 4.69) is 28.7 Å². The van der Waals surface area contributed by atoms with E-state index in [1.54, 1.807) is 18.0 Å². The van der Waals surface area contributed by atoms with E-state index in [0.29, 0.717) is 11.5 Å². The van der Waals surface area contributed by atoms with Crippen LogP contribution in [0.3, 0.4) is 0 Å². The van der Waals surface area contributed by atoms with Gasteiger partial charge in [-0.05, 0) is 49.1 Å². The molecular formula is C13H15N3S. The molecule has 0 bridgehead atoms. The summed E-state index contributed by atoms with van der Waals surface area (Å²) in [5.74, 6) is 0.710. The summed E-state index contributed by atoms with van der Waals surface area (Å²) in [6.07, 6.45) is 3.81. The number of nitrogens with two attached hydrogens (primary N) is 1. The van der Waals surface area contributed by atoms with Gasteiger partial charge in [-0.25, -0.2) is 4.98 Å². The maximum absolute atomic E-state index is 5.96. The van der Waals surface area contributed by atoms with E-state index in [1.165, 1.54) is 4.90 Å². The largest absolute Gasteiger partial charge is 0.396 e. The molecule has 0 radical (unpaired) electrons. The lowest BCUT2D eigenvalue weighted by molar-refractivity contribution is 1.27. The van der Waals surface area contributed by atoms with Crippen molar-refractivity contribution in [2.45, 2.75) is 11.8 Å². The molecule has 0 aliphatic carbocycles. The van der Waals surface area contributed by atoms with Crippen LogP contribution >= 0.6 is 11.8 Å². The Morgan fingerprint density at radius 1 is 1.18 bits per heavy atom. The molecule has 3 N–H and O–H groups in total. The fourth-order valence-electron chi connectivity index (χ4n) is 1.48. The topological polar surface area (TPSA) is 50.9 Å². The zero-order valence-electron chi connectivity index (χ0n) is 9.90. The highest BCUT2D eigenvalue weighted by Gasteiger charge is 2.03. The molecule has 1 aromatic heterocycles. The van der Waals surface area contributed by atoms with Crippen molar-refractivity contribution in [3.63, 3.8) is 0 Å². The van der Waals surface area contributed by atoms with E-state index in [0.717, 1.165) is 11.3 Å². The zero-order valence-corrected chi connectivity index (χ0v) is 10.7. The van der Waals surface area contributed by atoms with Crippen molar-refractivity contribution in [1.29, 1.82) is 0 Å². The molecule has 17 heavy (non-hydrogen) atoms. The number of pyridine rings is 1. The minimum Gasteiger partial charge on any atom is -0.396 e. The molecule has 0 aliphatic heterocycles. The number of nitrogens with zero attached hydrogens (tertiary/aromatic N) is 1. The van der Waals surface area contributed by atoms with E-state index in [-0.39, 0.29) is 0 Å². The molecule has 4 heteroatoms. The third kappa shape index (κ3) is 2.71. The molecule has 0 saturated heterocycles. The van der Waals surface area contributed by atoms with Gasteiger partial charge in [-0.2, -0.15) is 0 Å². The molecule has 0 fully saturated rings. The third-order valence-electron chi connectivity index (χ3n) is 2.56. The van der Waals surface area contributed by atoms with Gasteiger partial charge in [0, 0.05) is 16.8 Å². The lowest BCUT2D eigenvalue weighted by atomic mass is 10.2. The van der Waals surface area contributed by atoms with E-state index >= 15 is 0 Å². The highest BCUT2D eigenvalue weighted by molar-refractivity contribution is 7.98. The lowest BCUT2D eigenvalue weighted by Crippen LogP contribution is -2.00. The molecule has 1 aromatic carbocycles. The second-order valence-electron chi connectivity index (χ2n) is 3.74. The molecule has 0 amide bonds. The Bertz CT molecular complexity index is 509. The van der Waals surface area contributed by atoms with E-state index in [1.807, 2.05) is 25.1 Å². The first-order valence-electron chi connectivity index (χ1n) is 5.33. The van der Waals surface area contributed by atoms with Gasteiger partial charge < -0.3 is 11.1 Å². The Labute approximate surface area is 105 Å². The first-order valence-corrected chi connectivity index (χ1v) is 6.55. The van der Waals surface area contributed by atoms with Crippen molar-refractivity contribution in [1.82, 2.24) is 4.98 Å². The molecule has 0 saturated carbocycles. The van der Waals surface area contributed by atoms with E-state index in [4.69, 9.17) is 5.73 Å². The Balaban J connectivity index is 2.22. The Hall–Kier alpha value is -1.68. The third-order valence-corrected chi connectivity index (χ3v) is 3.30. The van der Waals surface area contributed by atoms with Gasteiger partial charge in [-0.15, -0.1) is 11.8 Å². The molecule has 0 atom stereocenters. The van der Waals surface area contributed by atoms with Gasteiger partial charge in [0.1, 0.15) is 0 Å². The number of aryl methyl sites for hydroxylation is 1. The van der Waals surface area contributed by atoms with Crippen molar-refractivity contribution in [2.24, 2.45) is 0 Å². The Morgan fingerprint density at radius 3 is 2.53 bits per heavy atom. The van der Waals surface area contributed by atoms with E-state index < -0.39 is 0 Å². The Kier molecular flexibility index (Phi) is 3.54. The number of nitrogens with one attached hydrogen (secondary N) is 1. The molecular weight excluding hydrogens is 230 g/mol. The number of hydrogen-bond acceptors (Lipinski definition) is 4. The monoisotopic (exact) mass is 245 g/mol. The summed E-state index contributed by atoms with van der Waals surface area (Å²) in [5, 5.41) is 3.22. The summed E-state index contributed by atoms with van der Waals surface area (Å²) in [7, 11) is 0. The highest BCUT2D eigenvalue weighted by Crippen LogP contribution is 2.24. The first kappa shape index (κ1) is 11.8. The van der Waals surface area contributed by atoms with Gasteiger partial charge in [0.15, 0.2) is 5.82 Å². The van der Waals surface area contributed by atoms with Crippen molar-refractivity contribution in [3.05, 3.63) is 42.1 Å². The summed E-state index contributed by atoms with van der Waals surface area (Å²) in [4.78, 5) is 5.47. The van der Waals surface area contributed by atoms with Crippen LogP contribution in [0.1, 0.15) is 5.56 Å². The SMILES string of the molecule is CSc1ccc(Nc2nccc(C)c2N)cc1. The van der Waals surface area contributed by atoms with Crippen molar-refractivity contribution >= 4 is 29.0 Å². The quantitative estimate of drug-likeness (QED) is 0.813. The van der Waals surface area contributed by atoms with Gasteiger partial charge in [-0.3, -0.25) is 0 Å². The van der Waals surface area contributed by atoms with Crippen LogP contribution in [0.5, 0.6) is 0 Å². The normalized spacial score (nSPS) is 10.2. The summed E-state index contributed by atoms with van der Waals surface area (Å²) < 4.78 is 0. The predicted molar refractivity (Wildman–Crippen MR) is 74.9 cm³/mol. The van der Waals surface area contributed by atoms with Crippen molar-refractivity contribution in [2.75, 3.05) is 17.3 Å². The maximum Gasteiger partial charge on any atom is 0.153 e. The second kappa shape index (κ2) is 5.10. The smallest absolute Gasteiger partial charge is 0.153 e. The fraction of sp³-hybridized carbons (Fsp3) is 0.154. The molecule has 88 valence electrons. The number of hydrogen-bond donors (Lipinski definition) is 2. The maximum atomic E-state index is 5.96. The van der Waals surface area contributed by atoms with Crippen LogP contribution in [0.2, 0.25) is 0 Å². The van der Waals surface area contributed by atoms with Crippen LogP contribution in [0.25, 0.3) is 0 Å². The van der Waals surface area contributed by atoms with Crippen LogP contribution < -0.4 is 11.1 Å². The van der Waals surface area contributed by atoms with Crippen LogP contribution in [-0.2, 0) is 0 Å². The molecule has 2 aromatic rings. The molecule has 3 nitrogen and oxygen atoms in total. The molecule has 0 unspecified atom stereocenters. The predicted octanol–water partition coefficient (Wildman–Crippen LogP) is 3.44. The summed E-state index contributed by atoms with van der Waals surface area (Å²) in [5.41, 5.74) is 8.68. The lowest BCUT2D eigenvalue weighted by Gasteiger charge is -2.10. The van der Waals surface area contributed by atoms with E-state index in [9.17, 15) is 0 Å². The van der Waals surface area contributed by atoms with Crippen molar-refractivity contribution < 1.29 is 0 Å². The first-order chi connectivity index (χ1) is 8.20. The van der Waals surface area contributed by atoms with Crippen LogP contribution in [0.4, 0.5) is 17.2 Å². The van der Waals surface area contributed by atoms with Gasteiger partial charge in [0.05, 0.1) is 5.69 Å². The van der Waals surface area contributed by atoms with Crippen LogP contribution in [0.15, 0.2) is 41.4 Å². The molecule has 0 aliphatic rings. The van der Waals surface area contributed by atoms with Gasteiger partial charge in [-0.1, -0.05) is 0 Å². The second-order valence-corrected chi connectivity index (χ2v) is 4.62. The average molecular weight is 245 g/mol.